The molecule has 1 unspecified atom stereocenters. The first-order valence-corrected chi connectivity index (χ1v) is 8.82. The van der Waals surface area contributed by atoms with Crippen molar-refractivity contribution in [2.24, 2.45) is 0 Å². The van der Waals surface area contributed by atoms with Crippen LogP contribution < -0.4 is 10.2 Å². The Balaban J connectivity index is 1.93. The summed E-state index contributed by atoms with van der Waals surface area (Å²) in [6.45, 7) is 4.23. The molecule has 5 heteroatoms. The number of aromatic nitrogens is 1. The molecule has 2 aromatic carbocycles. The van der Waals surface area contributed by atoms with Crippen LogP contribution >= 0.6 is 0 Å². The van der Waals surface area contributed by atoms with Crippen molar-refractivity contribution in [3.8, 4) is 0 Å². The molecule has 5 nitrogen and oxygen atoms in total. The van der Waals surface area contributed by atoms with Gasteiger partial charge in [-0.2, -0.15) is 0 Å². The summed E-state index contributed by atoms with van der Waals surface area (Å²) in [6.07, 6.45) is 0. The number of nitrogens with zero attached hydrogens (tertiary/aromatic N) is 2. The van der Waals surface area contributed by atoms with Crippen molar-refractivity contribution in [2.45, 2.75) is 13.0 Å². The van der Waals surface area contributed by atoms with E-state index in [0.717, 1.165) is 36.5 Å². The number of pyridine rings is 1. The minimum atomic E-state index is -0.910. The van der Waals surface area contributed by atoms with Gasteiger partial charge in [-0.3, -0.25) is 4.98 Å². The molecule has 1 atom stereocenters. The quantitative estimate of drug-likeness (QED) is 0.760. The molecule has 0 bridgehead atoms. The fraction of sp³-hybridized carbons (Fsp3) is 0.238. The second kappa shape index (κ2) is 6.77. The molecule has 2 heterocycles. The molecule has 132 valence electrons. The molecule has 0 radical (unpaired) electrons. The van der Waals surface area contributed by atoms with Crippen LogP contribution in [0.25, 0.3) is 10.9 Å². The van der Waals surface area contributed by atoms with Gasteiger partial charge in [0.25, 0.3) is 0 Å². The minimum Gasteiger partial charge on any atom is -0.478 e. The van der Waals surface area contributed by atoms with E-state index in [2.05, 4.69) is 22.3 Å². The lowest BCUT2D eigenvalue weighted by molar-refractivity contribution is 0.0699. The van der Waals surface area contributed by atoms with Gasteiger partial charge in [0.1, 0.15) is 0 Å². The standard InChI is InChI=1S/C21H21N3O2/c1-14-20(19(21(25)26)16-9-5-6-10-17(16)23-14)24-12-11-22-13-18(24)15-7-3-2-4-8-15/h2-10,18,22H,11-13H2,1H3,(H,25,26). The van der Waals surface area contributed by atoms with Gasteiger partial charge in [0, 0.05) is 25.0 Å². The molecule has 26 heavy (non-hydrogen) atoms. The van der Waals surface area contributed by atoms with Crippen molar-refractivity contribution < 1.29 is 9.90 Å². The number of carboxylic acids is 1. The number of benzene rings is 2. The van der Waals surface area contributed by atoms with E-state index in [9.17, 15) is 9.90 Å². The summed E-state index contributed by atoms with van der Waals surface area (Å²) in [7, 11) is 0. The van der Waals surface area contributed by atoms with Gasteiger partial charge in [-0.1, -0.05) is 48.5 Å². The maximum Gasteiger partial charge on any atom is 0.338 e. The third-order valence-corrected chi connectivity index (χ3v) is 4.97. The van der Waals surface area contributed by atoms with E-state index in [4.69, 9.17) is 4.98 Å². The highest BCUT2D eigenvalue weighted by Crippen LogP contribution is 2.36. The van der Waals surface area contributed by atoms with Crippen molar-refractivity contribution in [1.29, 1.82) is 0 Å². The van der Waals surface area contributed by atoms with Gasteiger partial charge in [0.15, 0.2) is 0 Å². The van der Waals surface area contributed by atoms with Gasteiger partial charge in [-0.25, -0.2) is 4.79 Å². The molecule has 0 saturated carbocycles. The van der Waals surface area contributed by atoms with Gasteiger partial charge in [0.05, 0.1) is 28.5 Å². The van der Waals surface area contributed by atoms with Crippen molar-refractivity contribution in [3.05, 3.63) is 71.4 Å². The van der Waals surface area contributed by atoms with Crippen LogP contribution in [-0.2, 0) is 0 Å². The summed E-state index contributed by atoms with van der Waals surface area (Å²) in [5.74, 6) is -0.910. The van der Waals surface area contributed by atoms with Crippen LogP contribution in [0.2, 0.25) is 0 Å². The first kappa shape index (κ1) is 16.5. The van der Waals surface area contributed by atoms with E-state index in [1.54, 1.807) is 0 Å². The van der Waals surface area contributed by atoms with Crippen molar-refractivity contribution >= 4 is 22.6 Å². The molecule has 1 saturated heterocycles. The number of carbonyl (C=O) groups is 1. The molecule has 0 amide bonds. The first-order chi connectivity index (χ1) is 12.7. The Labute approximate surface area is 152 Å². The van der Waals surface area contributed by atoms with Crippen LogP contribution in [-0.4, -0.2) is 35.7 Å². The average Bonchev–Trinajstić information content (AvgIpc) is 2.67. The summed E-state index contributed by atoms with van der Waals surface area (Å²) in [4.78, 5) is 19.1. The Bertz CT molecular complexity index is 956. The summed E-state index contributed by atoms with van der Waals surface area (Å²) >= 11 is 0. The zero-order chi connectivity index (χ0) is 18.1. The van der Waals surface area contributed by atoms with E-state index < -0.39 is 5.97 Å². The Morgan fingerprint density at radius 2 is 1.88 bits per heavy atom. The van der Waals surface area contributed by atoms with Crippen molar-refractivity contribution in [3.63, 3.8) is 0 Å². The fourth-order valence-corrected chi connectivity index (χ4v) is 3.84. The molecule has 3 aromatic rings. The lowest BCUT2D eigenvalue weighted by Gasteiger charge is -2.39. The lowest BCUT2D eigenvalue weighted by atomic mass is 9.98. The van der Waals surface area contributed by atoms with Crippen LogP contribution in [0.5, 0.6) is 0 Å². The maximum atomic E-state index is 12.2. The van der Waals surface area contributed by atoms with Gasteiger partial charge in [-0.05, 0) is 18.6 Å². The van der Waals surface area contributed by atoms with Gasteiger partial charge in [0.2, 0.25) is 0 Å². The third kappa shape index (κ3) is 2.80. The first-order valence-electron chi connectivity index (χ1n) is 8.82. The van der Waals surface area contributed by atoms with Crippen LogP contribution in [0, 0.1) is 6.92 Å². The highest BCUT2D eigenvalue weighted by atomic mass is 16.4. The van der Waals surface area contributed by atoms with Gasteiger partial charge < -0.3 is 15.3 Å². The van der Waals surface area contributed by atoms with Crippen molar-refractivity contribution in [1.82, 2.24) is 10.3 Å². The fourth-order valence-electron chi connectivity index (χ4n) is 3.84. The SMILES string of the molecule is Cc1nc2ccccc2c(C(=O)O)c1N1CCNCC1c1ccccc1. The van der Waals surface area contributed by atoms with E-state index in [-0.39, 0.29) is 6.04 Å². The highest BCUT2D eigenvalue weighted by Gasteiger charge is 2.30. The molecule has 4 rings (SSSR count). The Kier molecular flexibility index (Phi) is 4.31. The largest absolute Gasteiger partial charge is 0.478 e. The van der Waals surface area contributed by atoms with Gasteiger partial charge in [-0.15, -0.1) is 0 Å². The molecule has 1 aliphatic rings. The molecule has 1 aliphatic heterocycles. The second-order valence-corrected chi connectivity index (χ2v) is 6.57. The van der Waals surface area contributed by atoms with Gasteiger partial charge >= 0.3 is 5.97 Å². The number of nitrogens with one attached hydrogen (secondary N) is 1. The molecule has 2 N–H and O–H groups in total. The predicted octanol–water partition coefficient (Wildman–Crippen LogP) is 3.39. The summed E-state index contributed by atoms with van der Waals surface area (Å²) < 4.78 is 0. The van der Waals surface area contributed by atoms with Crippen LogP contribution in [0.1, 0.15) is 27.7 Å². The normalized spacial score (nSPS) is 17.4. The monoisotopic (exact) mass is 347 g/mol. The summed E-state index contributed by atoms with van der Waals surface area (Å²) in [6, 6.07) is 17.8. The molecule has 1 aromatic heterocycles. The summed E-state index contributed by atoms with van der Waals surface area (Å²) in [5, 5.41) is 14.1. The Morgan fingerprint density at radius 1 is 1.15 bits per heavy atom. The molecular formula is C21H21N3O2. The number of carboxylic acid groups (broad SMARTS) is 1. The number of rotatable bonds is 3. The number of anilines is 1. The molecular weight excluding hydrogens is 326 g/mol. The smallest absolute Gasteiger partial charge is 0.338 e. The number of piperazine rings is 1. The second-order valence-electron chi connectivity index (χ2n) is 6.57. The molecule has 0 spiro atoms. The topological polar surface area (TPSA) is 65.5 Å². The zero-order valence-electron chi connectivity index (χ0n) is 14.6. The van der Waals surface area contributed by atoms with E-state index in [1.165, 1.54) is 5.56 Å². The van der Waals surface area contributed by atoms with Crippen LogP contribution in [0.15, 0.2) is 54.6 Å². The maximum absolute atomic E-state index is 12.2. The summed E-state index contributed by atoms with van der Waals surface area (Å²) in [5.41, 5.74) is 3.72. The number of aromatic carboxylic acids is 1. The van der Waals surface area contributed by atoms with Crippen molar-refractivity contribution in [2.75, 3.05) is 24.5 Å². The number of aryl methyl sites for hydroxylation is 1. The average molecular weight is 347 g/mol. The van der Waals surface area contributed by atoms with E-state index >= 15 is 0 Å². The van der Waals surface area contributed by atoms with Crippen LogP contribution in [0.3, 0.4) is 0 Å². The number of fused-ring (bicyclic) bond motifs is 1. The number of hydrogen-bond acceptors (Lipinski definition) is 4. The van der Waals surface area contributed by atoms with E-state index in [0.29, 0.717) is 10.9 Å². The number of para-hydroxylation sites is 1. The highest BCUT2D eigenvalue weighted by molar-refractivity contribution is 6.08. The Hall–Kier alpha value is -2.92. The van der Waals surface area contributed by atoms with E-state index in [1.807, 2.05) is 49.4 Å². The minimum absolute atomic E-state index is 0.0738. The van der Waals surface area contributed by atoms with Crippen LogP contribution in [0.4, 0.5) is 5.69 Å². The number of hydrogen-bond donors (Lipinski definition) is 2. The third-order valence-electron chi connectivity index (χ3n) is 4.97. The Morgan fingerprint density at radius 3 is 2.65 bits per heavy atom. The zero-order valence-corrected chi connectivity index (χ0v) is 14.6. The lowest BCUT2D eigenvalue weighted by Crippen LogP contribution is -2.47. The predicted molar refractivity (Wildman–Crippen MR) is 103 cm³/mol. The molecule has 0 aliphatic carbocycles. The molecule has 1 fully saturated rings.